The molecule has 8 aromatic heterocycles. The van der Waals surface area contributed by atoms with Gasteiger partial charge in [-0.05, 0) is 89.0 Å². The van der Waals surface area contributed by atoms with Crippen LogP contribution < -0.4 is 0 Å². The highest BCUT2D eigenvalue weighted by molar-refractivity contribution is 7.26. The maximum Gasteiger partial charge on any atom is 0.180 e. The van der Waals surface area contributed by atoms with Crippen LogP contribution in [0, 0.1) is 0 Å². The maximum atomic E-state index is 6.82. The van der Waals surface area contributed by atoms with E-state index in [9.17, 15) is 0 Å². The Morgan fingerprint density at radius 1 is 0.217 bits per heavy atom. The Balaban J connectivity index is 0.604. The van der Waals surface area contributed by atoms with E-state index in [1.165, 1.54) is 0 Å². The van der Waals surface area contributed by atoms with Crippen LogP contribution in [-0.2, 0) is 0 Å². The number of benzene rings is 13. The second kappa shape index (κ2) is 25.0. The van der Waals surface area contributed by atoms with Crippen molar-refractivity contribution in [2.75, 3.05) is 0 Å². The summed E-state index contributed by atoms with van der Waals surface area (Å²) in [5, 5.41) is 6.23. The Morgan fingerprint density at radius 2 is 0.679 bits per heavy atom. The minimum Gasteiger partial charge on any atom is -0.455 e. The quantitative estimate of drug-likeness (QED) is 0.115. The summed E-state index contributed by atoms with van der Waals surface area (Å²) in [7, 11) is 0. The highest BCUT2D eigenvalue weighted by Gasteiger charge is 2.24. The molecule has 0 radical (unpaired) electrons. The molecule has 0 saturated heterocycles. The molecule has 13 aromatic carbocycles. The van der Waals surface area contributed by atoms with E-state index in [1.807, 2.05) is 127 Å². The standard InChI is InChI=1S/C93H53N9O2S2/c1-5-20-56(21-6-1)81-86-83(68-30-13-15-35-75(68)103-86)98-92(96-81)70-33-19-37-79-80(70)72-51-65(47-49-78(72)105-79)74-53-73(94-88(95-74)58-22-7-2-8-23-58)64-29-17-28-62(50-64)54-38-42-57(43-39-54)82-87-84(69-31-14-16-36-77(69)106-87)99-89(97-82)61-44-40-55(41-45-61)63-46-48-66-67-32-18-34-71(85(67)104-76(66)52-63)93-101-90(59-24-9-3-10-25-59)100-91(102-93)60-26-11-4-12-27-60/h1-53H. The van der Waals surface area contributed by atoms with Gasteiger partial charge in [0.1, 0.15) is 28.0 Å². The molecule has 21 rings (SSSR count). The summed E-state index contributed by atoms with van der Waals surface area (Å²) in [4.78, 5) is 47.1. The van der Waals surface area contributed by atoms with E-state index in [1.54, 1.807) is 22.7 Å². The van der Waals surface area contributed by atoms with Crippen LogP contribution in [0.4, 0.5) is 0 Å². The van der Waals surface area contributed by atoms with Crippen molar-refractivity contribution in [3.05, 3.63) is 322 Å². The van der Waals surface area contributed by atoms with Gasteiger partial charge in [-0.3, -0.25) is 0 Å². The van der Waals surface area contributed by atoms with Gasteiger partial charge in [-0.2, -0.15) is 0 Å². The summed E-state index contributed by atoms with van der Waals surface area (Å²) in [6.07, 6.45) is 0. The Morgan fingerprint density at radius 3 is 1.41 bits per heavy atom. The van der Waals surface area contributed by atoms with E-state index in [4.69, 9.17) is 53.7 Å². The molecule has 0 atom stereocenters. The minimum atomic E-state index is 0.540. The summed E-state index contributed by atoms with van der Waals surface area (Å²) >= 11 is 3.49. The number of nitrogens with zero attached hydrogens (tertiary/aromatic N) is 9. The van der Waals surface area contributed by atoms with Crippen molar-refractivity contribution in [3.8, 4) is 136 Å². The molecule has 0 aliphatic heterocycles. The van der Waals surface area contributed by atoms with Crippen molar-refractivity contribution in [1.29, 1.82) is 0 Å². The molecule has 0 amide bonds. The minimum absolute atomic E-state index is 0.540. The number of hydrogen-bond donors (Lipinski definition) is 0. The predicted octanol–water partition coefficient (Wildman–Crippen LogP) is 24.8. The fourth-order valence-electron chi connectivity index (χ4n) is 14.6. The highest BCUT2D eigenvalue weighted by Crippen LogP contribution is 2.46. The molecule has 0 spiro atoms. The molecule has 0 aliphatic rings. The Bertz CT molecular complexity index is 7010. The van der Waals surface area contributed by atoms with Gasteiger partial charge in [-0.1, -0.05) is 255 Å². The van der Waals surface area contributed by atoms with Crippen LogP contribution in [0.25, 0.3) is 220 Å². The molecule has 11 nitrogen and oxygen atoms in total. The molecule has 106 heavy (non-hydrogen) atoms. The third kappa shape index (κ3) is 10.6. The van der Waals surface area contributed by atoms with Crippen molar-refractivity contribution >= 4 is 107 Å². The lowest BCUT2D eigenvalue weighted by atomic mass is 9.98. The first kappa shape index (κ1) is 60.9. The number of hydrogen-bond acceptors (Lipinski definition) is 13. The zero-order valence-electron chi connectivity index (χ0n) is 56.3. The van der Waals surface area contributed by atoms with E-state index in [2.05, 4.69) is 194 Å². The fraction of sp³-hybridized carbons (Fsp3) is 0. The van der Waals surface area contributed by atoms with E-state index >= 15 is 0 Å². The van der Waals surface area contributed by atoms with Crippen molar-refractivity contribution in [2.45, 2.75) is 0 Å². The van der Waals surface area contributed by atoms with Gasteiger partial charge in [-0.15, -0.1) is 22.7 Å². The first-order valence-corrected chi connectivity index (χ1v) is 36.6. The molecule has 494 valence electrons. The van der Waals surface area contributed by atoms with Gasteiger partial charge in [0.15, 0.2) is 40.5 Å². The second-order valence-electron chi connectivity index (χ2n) is 26.3. The van der Waals surface area contributed by atoms with E-state index in [0.717, 1.165) is 174 Å². The van der Waals surface area contributed by atoms with Gasteiger partial charge in [0.05, 0.1) is 32.9 Å². The highest BCUT2D eigenvalue weighted by atomic mass is 32.1. The lowest BCUT2D eigenvalue weighted by Gasteiger charge is -2.12. The van der Waals surface area contributed by atoms with Crippen molar-refractivity contribution in [2.24, 2.45) is 0 Å². The molecule has 0 aliphatic carbocycles. The third-order valence-electron chi connectivity index (χ3n) is 19.8. The predicted molar refractivity (Wildman–Crippen MR) is 432 cm³/mol. The molecular formula is C93H53N9O2S2. The molecule has 0 saturated carbocycles. The van der Waals surface area contributed by atoms with Crippen LogP contribution in [0.5, 0.6) is 0 Å². The molecule has 21 aromatic rings. The topological polar surface area (TPSA) is 142 Å². The summed E-state index contributed by atoms with van der Waals surface area (Å²) in [5.41, 5.74) is 21.3. The van der Waals surface area contributed by atoms with Crippen LogP contribution >= 0.6 is 22.7 Å². The first-order valence-electron chi connectivity index (χ1n) is 35.0. The second-order valence-corrected chi connectivity index (χ2v) is 28.4. The lowest BCUT2D eigenvalue weighted by Crippen LogP contribution is -2.00. The summed E-state index contributed by atoms with van der Waals surface area (Å²) in [6.45, 7) is 0. The summed E-state index contributed by atoms with van der Waals surface area (Å²) < 4.78 is 17.8. The molecule has 0 bridgehead atoms. The van der Waals surface area contributed by atoms with Crippen LogP contribution in [0.3, 0.4) is 0 Å². The van der Waals surface area contributed by atoms with Gasteiger partial charge in [0, 0.05) is 96.5 Å². The van der Waals surface area contributed by atoms with Crippen LogP contribution in [0.15, 0.2) is 330 Å². The normalized spacial score (nSPS) is 11.8. The number of furan rings is 2. The van der Waals surface area contributed by atoms with Gasteiger partial charge in [0.2, 0.25) is 0 Å². The molecule has 0 N–H and O–H groups in total. The third-order valence-corrected chi connectivity index (χ3v) is 22.1. The van der Waals surface area contributed by atoms with Crippen LogP contribution in [0.1, 0.15) is 0 Å². The first-order chi connectivity index (χ1) is 52.5. The van der Waals surface area contributed by atoms with Crippen LogP contribution in [-0.4, -0.2) is 44.9 Å². The average Bonchev–Trinajstić information content (AvgIpc) is 1.59. The fourth-order valence-corrected chi connectivity index (χ4v) is 16.9. The number of rotatable bonds is 12. The van der Waals surface area contributed by atoms with Crippen LogP contribution in [0.2, 0.25) is 0 Å². The number of fused-ring (bicyclic) bond motifs is 12. The summed E-state index contributed by atoms with van der Waals surface area (Å²) in [5.74, 6) is 3.65. The molecule has 0 fully saturated rings. The Hall–Kier alpha value is -13.9. The Labute approximate surface area is 613 Å². The van der Waals surface area contributed by atoms with E-state index in [-0.39, 0.29) is 0 Å². The van der Waals surface area contributed by atoms with Gasteiger partial charge in [-0.25, -0.2) is 44.9 Å². The number of para-hydroxylation sites is 2. The average molecular weight is 1390 g/mol. The van der Waals surface area contributed by atoms with Gasteiger partial charge >= 0.3 is 0 Å². The zero-order chi connectivity index (χ0) is 69.8. The smallest absolute Gasteiger partial charge is 0.180 e. The van der Waals surface area contributed by atoms with Gasteiger partial charge < -0.3 is 8.83 Å². The van der Waals surface area contributed by atoms with Crippen molar-refractivity contribution < 1.29 is 8.83 Å². The van der Waals surface area contributed by atoms with E-state index in [0.29, 0.717) is 46.1 Å². The lowest BCUT2D eigenvalue weighted by molar-refractivity contribution is 0.667. The molecular weight excluding hydrogens is 1340 g/mol. The molecule has 8 heterocycles. The largest absolute Gasteiger partial charge is 0.455 e. The maximum absolute atomic E-state index is 6.82. The van der Waals surface area contributed by atoms with Crippen molar-refractivity contribution in [3.63, 3.8) is 0 Å². The zero-order valence-corrected chi connectivity index (χ0v) is 57.9. The number of aromatic nitrogens is 9. The molecule has 13 heteroatoms. The number of thiophene rings is 2. The molecule has 0 unspecified atom stereocenters. The van der Waals surface area contributed by atoms with Crippen molar-refractivity contribution in [1.82, 2.24) is 44.9 Å². The summed E-state index contributed by atoms with van der Waals surface area (Å²) in [6, 6.07) is 111. The SMILES string of the molecule is c1ccc(-c2nc(-c3cccc(-c4ccc(-c5nc(-c6ccc(-c7ccc8c(c7)oc7c(-c9nc(-c%10ccccc%10)nc(-c%10ccccc%10)n9)cccc78)cc6)nc6c5sc5ccccc56)cc4)c3)cc(-c3ccc4sc5cccc(-c6nc(-c7ccccc7)c7oc8ccccc8c7n6)c5c4c3)n2)cc1. The monoisotopic (exact) mass is 1390 g/mol. The van der Waals surface area contributed by atoms with Gasteiger partial charge in [0.25, 0.3) is 0 Å². The Kier molecular flexibility index (Phi) is 14.4. The van der Waals surface area contributed by atoms with E-state index < -0.39 is 0 Å².